The summed E-state index contributed by atoms with van der Waals surface area (Å²) in [4.78, 5) is 33.0. The number of hydrogen-bond donors (Lipinski definition) is 1. The molecule has 0 radical (unpaired) electrons. The summed E-state index contributed by atoms with van der Waals surface area (Å²) in [5, 5.41) is 9.82. The van der Waals surface area contributed by atoms with E-state index in [4.69, 9.17) is 23.2 Å². The number of aromatic amines is 1. The van der Waals surface area contributed by atoms with Crippen LogP contribution in [0.25, 0.3) is 11.1 Å². The summed E-state index contributed by atoms with van der Waals surface area (Å²) >= 11 is 11.8. The van der Waals surface area contributed by atoms with Gasteiger partial charge in [0.15, 0.2) is 22.9 Å². The van der Waals surface area contributed by atoms with E-state index in [0.29, 0.717) is 29.8 Å². The fourth-order valence-electron chi connectivity index (χ4n) is 4.05. The van der Waals surface area contributed by atoms with Crippen LogP contribution in [-0.4, -0.2) is 32.1 Å². The topological polar surface area (TPSA) is 104 Å². The van der Waals surface area contributed by atoms with E-state index >= 15 is 0 Å². The number of aryl methyl sites for hydroxylation is 2. The molecule has 0 aliphatic carbocycles. The molecule has 0 unspecified atom stereocenters. The Hall–Kier alpha value is -3.73. The number of benzene rings is 2. The van der Waals surface area contributed by atoms with E-state index in [1.54, 1.807) is 0 Å². The molecule has 1 N–H and O–H groups in total. The summed E-state index contributed by atoms with van der Waals surface area (Å²) in [6.45, 7) is 4.76. The van der Waals surface area contributed by atoms with Gasteiger partial charge in [0, 0.05) is 19.4 Å². The predicted molar refractivity (Wildman–Crippen MR) is 155 cm³/mol. The molecule has 2 heterocycles. The van der Waals surface area contributed by atoms with Crippen LogP contribution in [0.15, 0.2) is 48.5 Å². The fraction of sp³-hybridized carbons (Fsp3) is 0.300. The number of hydrogen-bond acceptors (Lipinski definition) is 5. The lowest BCUT2D eigenvalue weighted by Gasteiger charge is -2.11. The van der Waals surface area contributed by atoms with Crippen LogP contribution < -0.4 is 0 Å². The quantitative estimate of drug-likeness (QED) is 0.190. The third-order valence-corrected chi connectivity index (χ3v) is 6.75. The number of aromatic nitrogens is 4. The molecule has 4 aromatic rings. The molecule has 202 valence electrons. The number of carbonyl (C=O) groups is 2. The Kier molecular flexibility index (Phi) is 11.5. The second-order valence-electron chi connectivity index (χ2n) is 8.98. The van der Waals surface area contributed by atoms with Crippen LogP contribution in [-0.2, 0) is 19.4 Å². The first-order chi connectivity index (χ1) is 18.9. The Morgan fingerprint density at radius 1 is 0.923 bits per heavy atom. The summed E-state index contributed by atoms with van der Waals surface area (Å²) in [5.41, 5.74) is 4.39. The van der Waals surface area contributed by atoms with Gasteiger partial charge in [-0.2, -0.15) is 5.26 Å². The van der Waals surface area contributed by atoms with Gasteiger partial charge in [-0.15, -0.1) is 0 Å². The molecule has 0 bridgehead atoms. The first-order valence-electron chi connectivity index (χ1n) is 12.9. The lowest BCUT2D eigenvalue weighted by molar-refractivity contribution is 0.111. The van der Waals surface area contributed by atoms with Crippen LogP contribution in [0.4, 0.5) is 0 Å². The van der Waals surface area contributed by atoms with Gasteiger partial charge in [0.2, 0.25) is 0 Å². The van der Waals surface area contributed by atoms with Crippen molar-refractivity contribution in [1.29, 1.82) is 5.26 Å². The highest BCUT2D eigenvalue weighted by Crippen LogP contribution is 2.25. The van der Waals surface area contributed by atoms with Crippen molar-refractivity contribution in [3.63, 3.8) is 0 Å². The summed E-state index contributed by atoms with van der Waals surface area (Å²) in [7, 11) is 0. The highest BCUT2D eigenvalue weighted by molar-refractivity contribution is 6.31. The summed E-state index contributed by atoms with van der Waals surface area (Å²) < 4.78 is 1.89. The van der Waals surface area contributed by atoms with E-state index < -0.39 is 0 Å². The highest BCUT2D eigenvalue weighted by Gasteiger charge is 2.15. The maximum atomic E-state index is 11.5. The van der Waals surface area contributed by atoms with Crippen LogP contribution in [0.1, 0.15) is 83.3 Å². The van der Waals surface area contributed by atoms with E-state index in [1.165, 1.54) is 0 Å². The van der Waals surface area contributed by atoms with Gasteiger partial charge in [0.05, 0.1) is 11.6 Å². The second-order valence-corrected chi connectivity index (χ2v) is 9.69. The van der Waals surface area contributed by atoms with Crippen molar-refractivity contribution in [1.82, 2.24) is 19.5 Å². The molecule has 0 fully saturated rings. The fourth-order valence-corrected chi connectivity index (χ4v) is 4.49. The van der Waals surface area contributed by atoms with Crippen molar-refractivity contribution in [2.24, 2.45) is 0 Å². The van der Waals surface area contributed by atoms with Gasteiger partial charge in [-0.3, -0.25) is 9.59 Å². The third kappa shape index (κ3) is 7.89. The lowest BCUT2D eigenvalue weighted by Crippen LogP contribution is -2.08. The van der Waals surface area contributed by atoms with Crippen molar-refractivity contribution in [2.75, 3.05) is 0 Å². The minimum absolute atomic E-state index is 0.260. The number of unbranched alkanes of at least 4 members (excludes halogenated alkanes) is 2. The Balaban J connectivity index is 0.000000293. The van der Waals surface area contributed by atoms with Gasteiger partial charge >= 0.3 is 0 Å². The SMILES string of the molecule is CCCCc1nc(Cl)c(C=O)[nH]1.CCCCc1nc(Cl)c(C=O)n1Cc1ccc(-c2ccccc2C#N)cc1. The molecular weight excluding hydrogens is 533 g/mol. The lowest BCUT2D eigenvalue weighted by atomic mass is 9.99. The normalized spacial score (nSPS) is 10.4. The average Bonchev–Trinajstić information content (AvgIpc) is 3.48. The Morgan fingerprint density at radius 3 is 2.23 bits per heavy atom. The second kappa shape index (κ2) is 15.0. The Morgan fingerprint density at radius 2 is 1.62 bits per heavy atom. The van der Waals surface area contributed by atoms with Crippen LogP contribution in [0.2, 0.25) is 10.3 Å². The first kappa shape index (κ1) is 29.8. The number of nitriles is 1. The molecule has 0 aliphatic heterocycles. The molecule has 0 saturated heterocycles. The van der Waals surface area contributed by atoms with E-state index in [9.17, 15) is 14.9 Å². The van der Waals surface area contributed by atoms with Crippen molar-refractivity contribution in [3.05, 3.63) is 93.0 Å². The van der Waals surface area contributed by atoms with E-state index in [2.05, 4.69) is 34.9 Å². The average molecular weight is 565 g/mol. The van der Waals surface area contributed by atoms with Crippen LogP contribution in [0.5, 0.6) is 0 Å². The van der Waals surface area contributed by atoms with Crippen molar-refractivity contribution in [2.45, 2.75) is 58.9 Å². The first-order valence-corrected chi connectivity index (χ1v) is 13.7. The number of imidazole rings is 2. The van der Waals surface area contributed by atoms with E-state index in [0.717, 1.165) is 73.2 Å². The number of halogens is 2. The zero-order valence-corrected chi connectivity index (χ0v) is 23.6. The molecule has 39 heavy (non-hydrogen) atoms. The number of aldehydes is 2. The smallest absolute Gasteiger partial charge is 0.169 e. The van der Waals surface area contributed by atoms with Crippen LogP contribution in [0, 0.1) is 11.3 Å². The van der Waals surface area contributed by atoms with E-state index in [-0.39, 0.29) is 10.3 Å². The number of H-pyrrole nitrogens is 1. The molecule has 9 heteroatoms. The minimum atomic E-state index is 0.260. The molecule has 0 saturated carbocycles. The largest absolute Gasteiger partial charge is 0.339 e. The minimum Gasteiger partial charge on any atom is -0.339 e. The number of nitrogens with one attached hydrogen (secondary N) is 1. The standard InChI is InChI=1S/C22H20ClN3O.C8H11ClN2O/c1-2-3-8-21-25-22(23)20(15-27)26(21)14-16-9-11-17(12-10-16)19-7-5-4-6-18(19)13-24;1-2-3-4-7-10-6(5-12)8(9)11-7/h4-7,9-12,15H,2-3,8,14H2,1H3;5H,2-4H2,1H3,(H,10,11). The molecule has 2 aromatic heterocycles. The van der Waals surface area contributed by atoms with Gasteiger partial charge in [-0.25, -0.2) is 9.97 Å². The maximum Gasteiger partial charge on any atom is 0.169 e. The monoisotopic (exact) mass is 563 g/mol. The molecule has 4 rings (SSSR count). The van der Waals surface area contributed by atoms with Crippen LogP contribution in [0.3, 0.4) is 0 Å². The summed E-state index contributed by atoms with van der Waals surface area (Å²) in [6.07, 6.45) is 7.30. The number of nitrogens with zero attached hydrogens (tertiary/aromatic N) is 4. The van der Waals surface area contributed by atoms with Gasteiger partial charge in [0.25, 0.3) is 0 Å². The predicted octanol–water partition coefficient (Wildman–Crippen LogP) is 7.50. The zero-order valence-electron chi connectivity index (χ0n) is 22.1. The highest BCUT2D eigenvalue weighted by atomic mass is 35.5. The molecule has 0 spiro atoms. The Labute approximate surface area is 238 Å². The van der Waals surface area contributed by atoms with Crippen molar-refractivity contribution < 1.29 is 9.59 Å². The van der Waals surface area contributed by atoms with E-state index in [1.807, 2.05) is 53.1 Å². The molecule has 0 aliphatic rings. The molecule has 7 nitrogen and oxygen atoms in total. The number of carbonyl (C=O) groups excluding carboxylic acids is 2. The number of rotatable bonds is 11. The molecule has 2 aromatic carbocycles. The zero-order chi connectivity index (χ0) is 28.2. The third-order valence-electron chi connectivity index (χ3n) is 6.18. The summed E-state index contributed by atoms with van der Waals surface area (Å²) in [5.74, 6) is 1.63. The van der Waals surface area contributed by atoms with Crippen LogP contribution >= 0.6 is 23.2 Å². The summed E-state index contributed by atoms with van der Waals surface area (Å²) in [6, 6.07) is 17.8. The maximum absolute atomic E-state index is 11.5. The van der Waals surface area contributed by atoms with Gasteiger partial charge in [-0.1, -0.05) is 92.4 Å². The molecule has 0 amide bonds. The Bertz CT molecular complexity index is 1430. The van der Waals surface area contributed by atoms with Gasteiger partial charge < -0.3 is 9.55 Å². The van der Waals surface area contributed by atoms with Crippen molar-refractivity contribution >= 4 is 35.8 Å². The van der Waals surface area contributed by atoms with Crippen molar-refractivity contribution in [3.8, 4) is 17.2 Å². The molecular formula is C30H31Cl2N5O2. The van der Waals surface area contributed by atoms with Gasteiger partial charge in [-0.05, 0) is 35.6 Å². The van der Waals surface area contributed by atoms with Gasteiger partial charge in [0.1, 0.15) is 23.0 Å². The molecule has 0 atom stereocenters.